The average Bonchev–Trinajstić information content (AvgIpc) is 3.01. The molecule has 2 atom stereocenters. The van der Waals surface area contributed by atoms with E-state index in [2.05, 4.69) is 5.32 Å². The molecular formula is C20H35N3O5. The molecule has 8 heteroatoms. The lowest BCUT2D eigenvalue weighted by Crippen LogP contribution is -2.35. The summed E-state index contributed by atoms with van der Waals surface area (Å²) in [7, 11) is 0. The van der Waals surface area contributed by atoms with Crippen molar-refractivity contribution >= 4 is 29.5 Å². The number of hydrogen-bond donors (Lipinski definition) is 1. The molecule has 28 heavy (non-hydrogen) atoms. The summed E-state index contributed by atoms with van der Waals surface area (Å²) in [5.41, 5.74) is 0. The van der Waals surface area contributed by atoms with Gasteiger partial charge in [0.05, 0.1) is 0 Å². The zero-order chi connectivity index (χ0) is 20.6. The maximum absolute atomic E-state index is 11.5. The van der Waals surface area contributed by atoms with E-state index in [-0.39, 0.29) is 68.2 Å². The Hall–Kier alpha value is -2.25. The van der Waals surface area contributed by atoms with Gasteiger partial charge in [0, 0.05) is 50.7 Å². The van der Waals surface area contributed by atoms with Crippen molar-refractivity contribution in [1.29, 1.82) is 0 Å². The first-order valence-corrected chi connectivity index (χ1v) is 9.67. The van der Waals surface area contributed by atoms with Gasteiger partial charge in [0.1, 0.15) is 0 Å². The second-order valence-electron chi connectivity index (χ2n) is 7.08. The molecule has 0 spiro atoms. The number of hydrogen-bond acceptors (Lipinski definition) is 5. The zero-order valence-corrected chi connectivity index (χ0v) is 16.7. The summed E-state index contributed by atoms with van der Waals surface area (Å²) in [5.74, 6) is -0.766. The molecule has 0 aromatic heterocycles. The first kappa shape index (κ1) is 25.8. The molecule has 0 saturated carbocycles. The zero-order valence-electron chi connectivity index (χ0n) is 16.7. The Morgan fingerprint density at radius 1 is 0.893 bits per heavy atom. The summed E-state index contributed by atoms with van der Waals surface area (Å²) < 4.78 is 0. The summed E-state index contributed by atoms with van der Waals surface area (Å²) in [6, 6.07) is 0. The van der Waals surface area contributed by atoms with Gasteiger partial charge in [-0.05, 0) is 12.8 Å². The minimum absolute atomic E-state index is 0. The van der Waals surface area contributed by atoms with Gasteiger partial charge in [-0.1, -0.05) is 35.1 Å². The van der Waals surface area contributed by atoms with E-state index >= 15 is 0 Å². The number of carbonyl (C=O) groups is 5. The van der Waals surface area contributed by atoms with Crippen molar-refractivity contribution in [2.75, 3.05) is 19.6 Å². The van der Waals surface area contributed by atoms with Crippen LogP contribution in [0.15, 0.2) is 0 Å². The number of likely N-dealkylation sites (tertiary alicyclic amines) is 2. The lowest BCUT2D eigenvalue weighted by atomic mass is 10.1. The van der Waals surface area contributed by atoms with E-state index in [1.165, 1.54) is 9.80 Å². The number of amides is 5. The van der Waals surface area contributed by atoms with Crippen LogP contribution < -0.4 is 5.32 Å². The third-order valence-electron chi connectivity index (χ3n) is 4.52. The van der Waals surface area contributed by atoms with Gasteiger partial charge in [-0.2, -0.15) is 0 Å². The normalized spacial score (nSPS) is 21.4. The van der Waals surface area contributed by atoms with E-state index < -0.39 is 0 Å². The van der Waals surface area contributed by atoms with Crippen LogP contribution in [0.25, 0.3) is 0 Å². The van der Waals surface area contributed by atoms with Gasteiger partial charge in [-0.15, -0.1) is 0 Å². The van der Waals surface area contributed by atoms with Crippen molar-refractivity contribution in [3.8, 4) is 0 Å². The van der Waals surface area contributed by atoms with Crippen LogP contribution in [-0.4, -0.2) is 59.0 Å². The molecule has 1 N–H and O–H groups in total. The Morgan fingerprint density at radius 2 is 1.36 bits per heavy atom. The Bertz CT molecular complexity index is 590. The van der Waals surface area contributed by atoms with Crippen molar-refractivity contribution in [2.45, 2.75) is 67.2 Å². The van der Waals surface area contributed by atoms with E-state index in [0.717, 1.165) is 12.8 Å². The number of nitrogens with one attached hydrogen (secondary N) is 1. The Balaban J connectivity index is 0.000000535. The first-order chi connectivity index (χ1) is 12.7. The highest BCUT2D eigenvalue weighted by Gasteiger charge is 2.35. The van der Waals surface area contributed by atoms with Crippen LogP contribution >= 0.6 is 0 Å². The minimum atomic E-state index is -0.230. The molecule has 8 nitrogen and oxygen atoms in total. The highest BCUT2D eigenvalue weighted by atomic mass is 16.2. The van der Waals surface area contributed by atoms with Gasteiger partial charge < -0.3 is 5.32 Å². The molecule has 2 aliphatic rings. The molecule has 0 bridgehead atoms. The van der Waals surface area contributed by atoms with Gasteiger partial charge >= 0.3 is 0 Å². The van der Waals surface area contributed by atoms with Gasteiger partial charge in [0.15, 0.2) is 0 Å². The van der Waals surface area contributed by atoms with E-state index in [4.69, 9.17) is 0 Å². The molecule has 0 aliphatic carbocycles. The average molecular weight is 398 g/mol. The third-order valence-corrected chi connectivity index (χ3v) is 4.52. The van der Waals surface area contributed by atoms with Crippen LogP contribution in [0.1, 0.15) is 67.2 Å². The Morgan fingerprint density at radius 3 is 1.71 bits per heavy atom. The van der Waals surface area contributed by atoms with Crippen LogP contribution in [0.3, 0.4) is 0 Å². The molecule has 2 heterocycles. The predicted molar refractivity (Wildman–Crippen MR) is 106 cm³/mol. The fraction of sp³-hybridized carbons (Fsp3) is 0.750. The van der Waals surface area contributed by atoms with Gasteiger partial charge in [0.2, 0.25) is 29.5 Å². The standard InChI is InChI=1S/C11H18N2O3.C8H13NO2.CH4/c1-3-5-12-9(14)4-6-13-10(15)7-8(2)11(13)16;1-3-4-9-7(10)5-6(2)8(9)11;/h8H,3-7H2,1-2H3,(H,12,14);6H,3-5H2,1-2H3;1H4. The summed E-state index contributed by atoms with van der Waals surface area (Å²) in [4.78, 5) is 59.1. The quantitative estimate of drug-likeness (QED) is 0.659. The second kappa shape index (κ2) is 12.3. The molecule has 2 aliphatic heterocycles. The van der Waals surface area contributed by atoms with Gasteiger partial charge in [-0.3, -0.25) is 33.8 Å². The fourth-order valence-corrected chi connectivity index (χ4v) is 2.96. The molecule has 0 aromatic rings. The van der Waals surface area contributed by atoms with E-state index in [9.17, 15) is 24.0 Å². The molecule has 2 saturated heterocycles. The maximum atomic E-state index is 11.5. The molecule has 160 valence electrons. The minimum Gasteiger partial charge on any atom is -0.356 e. The number of nitrogens with zero attached hydrogens (tertiary/aromatic N) is 2. The highest BCUT2D eigenvalue weighted by Crippen LogP contribution is 2.19. The second-order valence-corrected chi connectivity index (χ2v) is 7.08. The topological polar surface area (TPSA) is 104 Å². The fourth-order valence-electron chi connectivity index (χ4n) is 2.96. The van der Waals surface area contributed by atoms with Crippen LogP contribution in [0.5, 0.6) is 0 Å². The van der Waals surface area contributed by atoms with Crippen LogP contribution in [0.2, 0.25) is 0 Å². The number of rotatable bonds is 7. The van der Waals surface area contributed by atoms with E-state index in [0.29, 0.717) is 19.5 Å². The molecular weight excluding hydrogens is 362 g/mol. The molecule has 0 aromatic carbocycles. The van der Waals surface area contributed by atoms with Crippen LogP contribution in [-0.2, 0) is 24.0 Å². The summed E-state index contributed by atoms with van der Waals surface area (Å²) in [5, 5.41) is 2.71. The third kappa shape index (κ3) is 7.05. The number of carbonyl (C=O) groups excluding carboxylic acids is 5. The lowest BCUT2D eigenvalue weighted by molar-refractivity contribution is -0.141. The predicted octanol–water partition coefficient (Wildman–Crippen LogP) is 1.73. The maximum Gasteiger partial charge on any atom is 0.232 e. The highest BCUT2D eigenvalue weighted by molar-refractivity contribution is 6.04. The van der Waals surface area contributed by atoms with Crippen molar-refractivity contribution in [3.63, 3.8) is 0 Å². The van der Waals surface area contributed by atoms with Crippen molar-refractivity contribution in [1.82, 2.24) is 15.1 Å². The molecule has 0 radical (unpaired) electrons. The van der Waals surface area contributed by atoms with Gasteiger partial charge in [-0.25, -0.2) is 0 Å². The van der Waals surface area contributed by atoms with E-state index in [1.54, 1.807) is 13.8 Å². The molecule has 5 amide bonds. The van der Waals surface area contributed by atoms with Crippen molar-refractivity contribution < 1.29 is 24.0 Å². The monoisotopic (exact) mass is 397 g/mol. The van der Waals surface area contributed by atoms with Crippen LogP contribution in [0.4, 0.5) is 0 Å². The largest absolute Gasteiger partial charge is 0.356 e. The summed E-state index contributed by atoms with van der Waals surface area (Å²) >= 11 is 0. The van der Waals surface area contributed by atoms with E-state index in [1.807, 2.05) is 13.8 Å². The SMILES string of the molecule is C.CCCN1C(=O)CC(C)C1=O.CCCNC(=O)CCN1C(=O)CC(C)C1=O. The summed E-state index contributed by atoms with van der Waals surface area (Å²) in [6.07, 6.45) is 2.60. The van der Waals surface area contributed by atoms with Gasteiger partial charge in [0.25, 0.3) is 0 Å². The summed E-state index contributed by atoms with van der Waals surface area (Å²) in [6.45, 7) is 8.89. The van der Waals surface area contributed by atoms with Crippen molar-refractivity contribution in [2.24, 2.45) is 11.8 Å². The van der Waals surface area contributed by atoms with Crippen molar-refractivity contribution in [3.05, 3.63) is 0 Å². The smallest absolute Gasteiger partial charge is 0.232 e. The Kier molecular flexibility index (Phi) is 11.3. The lowest BCUT2D eigenvalue weighted by Gasteiger charge is -2.13. The molecule has 2 fully saturated rings. The molecule has 2 unspecified atom stereocenters. The molecule has 2 rings (SSSR count). The Labute approximate surface area is 168 Å². The first-order valence-electron chi connectivity index (χ1n) is 9.67. The van der Waals surface area contributed by atoms with Crippen LogP contribution in [0, 0.1) is 11.8 Å². The number of imide groups is 2.